The predicted molar refractivity (Wildman–Crippen MR) is 133 cm³/mol. The molecule has 2 aromatic carbocycles. The minimum absolute atomic E-state index is 0.00137. The predicted octanol–water partition coefficient (Wildman–Crippen LogP) is 4.84. The van der Waals surface area contributed by atoms with Gasteiger partial charge in [0.1, 0.15) is 6.61 Å². The number of benzene rings is 2. The van der Waals surface area contributed by atoms with Gasteiger partial charge in [-0.3, -0.25) is 9.59 Å². The molecule has 0 radical (unpaired) electrons. The highest BCUT2D eigenvalue weighted by Gasteiger charge is 2.43. The number of rotatable bonds is 8. The van der Waals surface area contributed by atoms with Gasteiger partial charge in [-0.2, -0.15) is 0 Å². The Bertz CT molecular complexity index is 1050. The lowest BCUT2D eigenvalue weighted by atomic mass is 9.73. The largest absolute Gasteiger partial charge is 0.481 e. The highest BCUT2D eigenvalue weighted by molar-refractivity contribution is 5.82. The van der Waals surface area contributed by atoms with Crippen LogP contribution in [0.2, 0.25) is 0 Å². The first kappa shape index (κ1) is 24.8. The van der Waals surface area contributed by atoms with Crippen LogP contribution in [0.5, 0.6) is 0 Å². The quantitative estimate of drug-likeness (QED) is 0.503. The number of ether oxygens (including phenoxy) is 1. The third-order valence-electron chi connectivity index (χ3n) is 7.44. The maximum Gasteiger partial charge on any atom is 0.407 e. The van der Waals surface area contributed by atoms with Crippen molar-refractivity contribution in [2.75, 3.05) is 6.61 Å². The molecule has 1 fully saturated rings. The van der Waals surface area contributed by atoms with Gasteiger partial charge in [0.25, 0.3) is 0 Å². The molecule has 0 aromatic heterocycles. The van der Waals surface area contributed by atoms with Crippen molar-refractivity contribution in [1.29, 1.82) is 0 Å². The molecule has 2 aliphatic carbocycles. The molecule has 7 nitrogen and oxygen atoms in total. The molecule has 3 unspecified atom stereocenters. The molecule has 35 heavy (non-hydrogen) atoms. The summed E-state index contributed by atoms with van der Waals surface area (Å²) in [4.78, 5) is 36.8. The maximum absolute atomic E-state index is 13.0. The van der Waals surface area contributed by atoms with Gasteiger partial charge in [0, 0.05) is 18.4 Å². The molecule has 1 saturated carbocycles. The second kappa shape index (κ2) is 10.5. The monoisotopic (exact) mass is 478 g/mol. The number of carboxylic acids is 1. The van der Waals surface area contributed by atoms with E-state index in [9.17, 15) is 14.4 Å². The van der Waals surface area contributed by atoms with Crippen LogP contribution in [0.15, 0.2) is 48.5 Å². The first-order valence-electron chi connectivity index (χ1n) is 12.4. The SMILES string of the molecule is CC(CCC(=O)O)NC(=O)C1CCCCC1(C)NC(=O)OCC1c2ccccc2-c2ccccc21. The standard InChI is InChI=1S/C28H34N2O5/c1-18(14-15-25(31)32)29-26(33)24-13-7-8-16-28(24,2)30-27(34)35-17-23-21-11-5-3-9-19(21)20-10-4-6-12-22(20)23/h3-6,9-12,18,23-24H,7-8,13-17H2,1-2H3,(H,29,33)(H,30,34)(H,31,32). The van der Waals surface area contributed by atoms with Crippen LogP contribution in [0.4, 0.5) is 4.79 Å². The highest BCUT2D eigenvalue weighted by atomic mass is 16.5. The molecule has 2 aromatic rings. The third-order valence-corrected chi connectivity index (χ3v) is 7.44. The second-order valence-electron chi connectivity index (χ2n) is 10.0. The first-order valence-corrected chi connectivity index (χ1v) is 12.4. The van der Waals surface area contributed by atoms with Gasteiger partial charge in [0.05, 0.1) is 11.5 Å². The fraction of sp³-hybridized carbons (Fsp3) is 0.464. The number of nitrogens with one attached hydrogen (secondary N) is 2. The van der Waals surface area contributed by atoms with Crippen LogP contribution in [0.25, 0.3) is 11.1 Å². The molecular weight excluding hydrogens is 444 g/mol. The van der Waals surface area contributed by atoms with Gasteiger partial charge in [-0.15, -0.1) is 0 Å². The number of carbonyl (C=O) groups is 3. The summed E-state index contributed by atoms with van der Waals surface area (Å²) in [7, 11) is 0. The van der Waals surface area contributed by atoms with E-state index in [1.165, 1.54) is 11.1 Å². The van der Waals surface area contributed by atoms with Crippen LogP contribution in [0, 0.1) is 5.92 Å². The van der Waals surface area contributed by atoms with Crippen molar-refractivity contribution in [3.8, 4) is 11.1 Å². The van der Waals surface area contributed by atoms with Crippen molar-refractivity contribution in [3.05, 3.63) is 59.7 Å². The van der Waals surface area contributed by atoms with Crippen LogP contribution in [0.1, 0.15) is 69.4 Å². The molecule has 0 heterocycles. The zero-order chi connectivity index (χ0) is 25.0. The molecule has 3 N–H and O–H groups in total. The minimum atomic E-state index is -0.884. The Morgan fingerprint density at radius 2 is 1.69 bits per heavy atom. The van der Waals surface area contributed by atoms with Crippen LogP contribution >= 0.6 is 0 Å². The Hall–Kier alpha value is -3.35. The average molecular weight is 479 g/mol. The summed E-state index contributed by atoms with van der Waals surface area (Å²) in [5, 5.41) is 14.8. The average Bonchev–Trinajstić information content (AvgIpc) is 3.15. The zero-order valence-electron chi connectivity index (χ0n) is 20.4. The van der Waals surface area contributed by atoms with E-state index >= 15 is 0 Å². The van der Waals surface area contributed by atoms with Gasteiger partial charge in [0.2, 0.25) is 5.91 Å². The van der Waals surface area contributed by atoms with Crippen LogP contribution < -0.4 is 10.6 Å². The molecule has 2 aliphatic rings. The number of amides is 2. The highest BCUT2D eigenvalue weighted by Crippen LogP contribution is 2.44. The maximum atomic E-state index is 13.0. The van der Waals surface area contributed by atoms with E-state index in [4.69, 9.17) is 9.84 Å². The van der Waals surface area contributed by atoms with Gasteiger partial charge >= 0.3 is 12.1 Å². The summed E-state index contributed by atoms with van der Waals surface area (Å²) in [6, 6.07) is 16.1. The first-order chi connectivity index (χ1) is 16.8. The van der Waals surface area contributed by atoms with E-state index in [1.807, 2.05) is 31.2 Å². The zero-order valence-corrected chi connectivity index (χ0v) is 20.4. The normalized spacial score (nSPS) is 21.9. The van der Waals surface area contributed by atoms with Crippen molar-refractivity contribution >= 4 is 18.0 Å². The van der Waals surface area contributed by atoms with Crippen LogP contribution in [-0.4, -0.2) is 41.3 Å². The summed E-state index contributed by atoms with van der Waals surface area (Å²) in [5.41, 5.74) is 3.92. The van der Waals surface area contributed by atoms with E-state index < -0.39 is 23.5 Å². The van der Waals surface area contributed by atoms with Crippen LogP contribution in [-0.2, 0) is 14.3 Å². The number of aliphatic carboxylic acids is 1. The molecule has 0 saturated heterocycles. The molecule has 0 aliphatic heterocycles. The number of alkyl carbamates (subject to hydrolysis) is 1. The van der Waals surface area contributed by atoms with Gasteiger partial charge in [0.15, 0.2) is 0 Å². The molecule has 0 bridgehead atoms. The lowest BCUT2D eigenvalue weighted by Gasteiger charge is -2.41. The smallest absolute Gasteiger partial charge is 0.407 e. The van der Waals surface area contributed by atoms with Gasteiger partial charge in [-0.05, 0) is 55.4 Å². The Labute approximate surface area is 206 Å². The molecule has 3 atom stereocenters. The van der Waals surface area contributed by atoms with E-state index in [2.05, 4.69) is 34.9 Å². The van der Waals surface area contributed by atoms with Gasteiger partial charge in [-0.1, -0.05) is 61.4 Å². The van der Waals surface area contributed by atoms with Crippen molar-refractivity contribution in [3.63, 3.8) is 0 Å². The Morgan fingerprint density at radius 3 is 2.31 bits per heavy atom. The second-order valence-corrected chi connectivity index (χ2v) is 10.0. The van der Waals surface area contributed by atoms with Crippen molar-refractivity contribution in [1.82, 2.24) is 10.6 Å². The molecule has 4 rings (SSSR count). The molecule has 7 heteroatoms. The van der Waals surface area contributed by atoms with E-state index in [1.54, 1.807) is 6.92 Å². The van der Waals surface area contributed by atoms with E-state index in [0.717, 1.165) is 24.0 Å². The minimum Gasteiger partial charge on any atom is -0.481 e. The summed E-state index contributed by atoms with van der Waals surface area (Å²) in [6.07, 6.45) is 3.01. The topological polar surface area (TPSA) is 105 Å². The van der Waals surface area contributed by atoms with Gasteiger partial charge < -0.3 is 20.5 Å². The Balaban J connectivity index is 1.39. The fourth-order valence-corrected chi connectivity index (χ4v) is 5.53. The number of hydrogen-bond donors (Lipinski definition) is 3. The van der Waals surface area contributed by atoms with Crippen molar-refractivity contribution < 1.29 is 24.2 Å². The molecule has 0 spiro atoms. The van der Waals surface area contributed by atoms with Crippen molar-refractivity contribution in [2.45, 2.75) is 69.9 Å². The summed E-state index contributed by atoms with van der Waals surface area (Å²) in [5.74, 6) is -1.46. The molecule has 2 amide bonds. The molecule has 186 valence electrons. The fourth-order valence-electron chi connectivity index (χ4n) is 5.53. The van der Waals surface area contributed by atoms with Crippen molar-refractivity contribution in [2.24, 2.45) is 5.92 Å². The Morgan fingerprint density at radius 1 is 1.06 bits per heavy atom. The summed E-state index contributed by atoms with van der Waals surface area (Å²) >= 11 is 0. The number of carbonyl (C=O) groups excluding carboxylic acids is 2. The lowest BCUT2D eigenvalue weighted by Crippen LogP contribution is -2.58. The Kier molecular flexibility index (Phi) is 7.43. The lowest BCUT2D eigenvalue weighted by molar-refractivity contribution is -0.137. The molecular formula is C28H34N2O5. The van der Waals surface area contributed by atoms with Crippen LogP contribution in [0.3, 0.4) is 0 Å². The number of hydrogen-bond acceptors (Lipinski definition) is 4. The number of carboxylic acid groups (broad SMARTS) is 1. The van der Waals surface area contributed by atoms with Gasteiger partial charge in [-0.25, -0.2) is 4.79 Å². The van der Waals surface area contributed by atoms with E-state index in [0.29, 0.717) is 19.3 Å². The summed E-state index contributed by atoms with van der Waals surface area (Å²) < 4.78 is 5.73. The number of fused-ring (bicyclic) bond motifs is 3. The summed E-state index contributed by atoms with van der Waals surface area (Å²) in [6.45, 7) is 3.93. The van der Waals surface area contributed by atoms with E-state index in [-0.39, 0.29) is 30.9 Å². The third kappa shape index (κ3) is 5.50.